The molecule has 0 atom stereocenters. The van der Waals surface area contributed by atoms with E-state index in [-0.39, 0.29) is 0 Å². The predicted octanol–water partition coefficient (Wildman–Crippen LogP) is 7.94. The fourth-order valence-corrected chi connectivity index (χ4v) is 4.65. The fraction of sp³-hybridized carbons (Fsp3) is 0. The zero-order valence-corrected chi connectivity index (χ0v) is 18.5. The number of ether oxygens (including phenoxy) is 1. The first kappa shape index (κ1) is 17.8. The summed E-state index contributed by atoms with van der Waals surface area (Å²) in [6, 6.07) is 31.1. The molecule has 0 unspecified atom stereocenters. The Hall–Kier alpha value is -2.31. The van der Waals surface area contributed by atoms with Gasteiger partial charge in [-0.1, -0.05) is 54.6 Å². The van der Waals surface area contributed by atoms with E-state index < -0.39 is 0 Å². The van der Waals surface area contributed by atoms with Gasteiger partial charge in [0.1, 0.15) is 11.5 Å². The molecule has 0 aliphatic rings. The lowest BCUT2D eigenvalue weighted by molar-refractivity contribution is 0.479. The molecule has 5 aromatic rings. The van der Waals surface area contributed by atoms with Gasteiger partial charge in [0.2, 0.25) is 0 Å². The van der Waals surface area contributed by atoms with Gasteiger partial charge in [-0.2, -0.15) is 0 Å². The molecule has 0 saturated heterocycles. The van der Waals surface area contributed by atoms with E-state index in [1.165, 1.54) is 21.8 Å². The Morgan fingerprint density at radius 3 is 1.93 bits per heavy atom. The first-order valence-corrected chi connectivity index (χ1v) is 10.8. The second kappa shape index (κ2) is 7.26. The summed E-state index contributed by atoms with van der Waals surface area (Å²) in [5.74, 6) is 1.62. The maximum absolute atomic E-state index is 6.19. The minimum absolute atomic E-state index is 0.801. The summed E-state index contributed by atoms with van der Waals surface area (Å²) >= 11 is 6.17. The van der Waals surface area contributed by atoms with Gasteiger partial charge in [-0.3, -0.25) is 0 Å². The molecule has 0 radical (unpaired) electrons. The van der Waals surface area contributed by atoms with Crippen molar-refractivity contribution in [3.8, 4) is 17.2 Å². The number of hydrogen-bond donors (Lipinski definition) is 0. The highest BCUT2D eigenvalue weighted by Gasteiger charge is 2.17. The van der Waals surface area contributed by atoms with Crippen LogP contribution in [-0.2, 0) is 0 Å². The quantitative estimate of drug-likeness (QED) is 0.212. The Balaban J connectivity index is 1.78. The molecule has 0 amide bonds. The van der Waals surface area contributed by atoms with Crippen LogP contribution in [0.25, 0.3) is 27.5 Å². The van der Waals surface area contributed by atoms with Crippen molar-refractivity contribution in [1.29, 1.82) is 0 Å². The molecule has 0 aliphatic heterocycles. The van der Waals surface area contributed by atoms with Crippen LogP contribution < -0.4 is 4.74 Å². The number of nitrogens with zero attached hydrogens (tertiary/aromatic N) is 1. The van der Waals surface area contributed by atoms with Gasteiger partial charge in [0.05, 0.1) is 21.2 Å². The molecule has 0 spiro atoms. The number of halogens is 2. The molecule has 0 fully saturated rings. The molecule has 0 bridgehead atoms. The molecule has 0 saturated carbocycles. The predicted molar refractivity (Wildman–Crippen MR) is 128 cm³/mol. The number of benzene rings is 4. The van der Waals surface area contributed by atoms with Gasteiger partial charge >= 0.3 is 0 Å². The molecular formula is C24H15BrINO. The zero-order valence-electron chi connectivity index (χ0n) is 14.8. The summed E-state index contributed by atoms with van der Waals surface area (Å²) in [5, 5.41) is 2.49. The highest BCUT2D eigenvalue weighted by Crippen LogP contribution is 2.40. The van der Waals surface area contributed by atoms with Crippen LogP contribution in [0.3, 0.4) is 0 Å². The monoisotopic (exact) mass is 539 g/mol. The van der Waals surface area contributed by atoms with E-state index in [9.17, 15) is 0 Å². The highest BCUT2D eigenvalue weighted by atomic mass is 127. The van der Waals surface area contributed by atoms with E-state index in [0.717, 1.165) is 25.2 Å². The Labute approximate surface area is 185 Å². The van der Waals surface area contributed by atoms with Crippen molar-refractivity contribution in [2.24, 2.45) is 0 Å². The third kappa shape index (κ3) is 3.01. The smallest absolute Gasteiger partial charge is 0.144 e. The molecule has 0 aliphatic carbocycles. The largest absolute Gasteiger partial charge is 0.456 e. The van der Waals surface area contributed by atoms with Crippen LogP contribution in [0.1, 0.15) is 0 Å². The standard InChI is InChI=1S/C24H15BrINO/c25-24-22(14-16(26)15-23(24)28-17-8-2-1-3-9-17)27-20-12-6-4-10-18(20)19-11-5-7-13-21(19)27/h1-15H. The van der Waals surface area contributed by atoms with E-state index in [4.69, 9.17) is 4.74 Å². The van der Waals surface area contributed by atoms with E-state index in [2.05, 4.69) is 104 Å². The Morgan fingerprint density at radius 2 is 1.29 bits per heavy atom. The van der Waals surface area contributed by atoms with Crippen molar-refractivity contribution in [3.63, 3.8) is 0 Å². The maximum Gasteiger partial charge on any atom is 0.144 e. The number of para-hydroxylation sites is 3. The molecule has 0 N–H and O–H groups in total. The van der Waals surface area contributed by atoms with Gasteiger partial charge in [0.15, 0.2) is 0 Å². The molecule has 1 heterocycles. The van der Waals surface area contributed by atoms with Crippen LogP contribution in [0.4, 0.5) is 0 Å². The second-order valence-corrected chi connectivity index (χ2v) is 8.56. The number of aromatic nitrogens is 1. The summed E-state index contributed by atoms with van der Waals surface area (Å²) in [7, 11) is 0. The van der Waals surface area contributed by atoms with Crippen LogP contribution in [0.2, 0.25) is 0 Å². The van der Waals surface area contributed by atoms with E-state index in [1.54, 1.807) is 0 Å². The third-order valence-electron chi connectivity index (χ3n) is 4.78. The molecular weight excluding hydrogens is 525 g/mol. The fourth-order valence-electron chi connectivity index (χ4n) is 3.59. The molecule has 2 nitrogen and oxygen atoms in total. The van der Waals surface area contributed by atoms with Gasteiger partial charge in [-0.05, 0) is 74.9 Å². The van der Waals surface area contributed by atoms with E-state index >= 15 is 0 Å². The highest BCUT2D eigenvalue weighted by molar-refractivity contribution is 14.1. The lowest BCUT2D eigenvalue weighted by atomic mass is 10.2. The SMILES string of the molecule is Brc1c(Oc2ccccc2)cc(I)cc1-n1c2ccccc2c2ccccc21. The maximum atomic E-state index is 6.19. The van der Waals surface area contributed by atoms with Crippen LogP contribution >= 0.6 is 38.5 Å². The summed E-state index contributed by atoms with van der Waals surface area (Å²) in [6.45, 7) is 0. The van der Waals surface area contributed by atoms with Gasteiger partial charge in [-0.15, -0.1) is 0 Å². The van der Waals surface area contributed by atoms with E-state index in [0.29, 0.717) is 0 Å². The summed E-state index contributed by atoms with van der Waals surface area (Å²) in [4.78, 5) is 0. The van der Waals surface area contributed by atoms with Crippen molar-refractivity contribution in [2.75, 3.05) is 0 Å². The van der Waals surface area contributed by atoms with Gasteiger partial charge in [0, 0.05) is 14.3 Å². The Morgan fingerprint density at radius 1 is 0.714 bits per heavy atom. The van der Waals surface area contributed by atoms with Crippen molar-refractivity contribution in [1.82, 2.24) is 4.57 Å². The minimum atomic E-state index is 0.801. The third-order valence-corrected chi connectivity index (χ3v) is 6.20. The minimum Gasteiger partial charge on any atom is -0.456 e. The van der Waals surface area contributed by atoms with E-state index in [1.807, 2.05) is 30.3 Å². The molecule has 1 aromatic heterocycles. The normalized spacial score (nSPS) is 11.2. The number of fused-ring (bicyclic) bond motifs is 3. The summed E-state index contributed by atoms with van der Waals surface area (Å²) in [6.07, 6.45) is 0. The molecule has 4 aromatic carbocycles. The van der Waals surface area contributed by atoms with Crippen molar-refractivity contribution in [2.45, 2.75) is 0 Å². The van der Waals surface area contributed by atoms with Crippen LogP contribution in [-0.4, -0.2) is 4.57 Å². The zero-order chi connectivity index (χ0) is 19.1. The molecule has 4 heteroatoms. The Kier molecular flexibility index (Phi) is 4.61. The molecule has 5 rings (SSSR count). The van der Waals surface area contributed by atoms with Gasteiger partial charge in [0.25, 0.3) is 0 Å². The lowest BCUT2D eigenvalue weighted by Crippen LogP contribution is -1.98. The summed E-state index contributed by atoms with van der Waals surface area (Å²) < 4.78 is 10.5. The van der Waals surface area contributed by atoms with Crippen molar-refractivity contribution >= 4 is 60.3 Å². The van der Waals surface area contributed by atoms with Crippen molar-refractivity contribution < 1.29 is 4.74 Å². The number of rotatable bonds is 3. The molecule has 28 heavy (non-hydrogen) atoms. The average molecular weight is 540 g/mol. The van der Waals surface area contributed by atoms with Crippen LogP contribution in [0.15, 0.2) is 95.5 Å². The van der Waals surface area contributed by atoms with Crippen LogP contribution in [0.5, 0.6) is 11.5 Å². The second-order valence-electron chi connectivity index (χ2n) is 6.52. The molecule has 136 valence electrons. The average Bonchev–Trinajstić information content (AvgIpc) is 3.06. The summed E-state index contributed by atoms with van der Waals surface area (Å²) in [5.41, 5.74) is 3.42. The van der Waals surface area contributed by atoms with Gasteiger partial charge in [-0.25, -0.2) is 0 Å². The first-order valence-electron chi connectivity index (χ1n) is 8.93. The van der Waals surface area contributed by atoms with Crippen LogP contribution in [0, 0.1) is 3.57 Å². The Bertz CT molecular complexity index is 1260. The van der Waals surface area contributed by atoms with Gasteiger partial charge < -0.3 is 9.30 Å². The van der Waals surface area contributed by atoms with Crippen molar-refractivity contribution in [3.05, 3.63) is 99.0 Å². The number of hydrogen-bond acceptors (Lipinski definition) is 1. The first-order chi connectivity index (χ1) is 13.7. The lowest BCUT2D eigenvalue weighted by Gasteiger charge is -2.15. The topological polar surface area (TPSA) is 14.2 Å².